The van der Waals surface area contributed by atoms with Crippen LogP contribution >= 0.6 is 11.3 Å². The van der Waals surface area contributed by atoms with Gasteiger partial charge in [-0.15, -0.1) is 10.2 Å². The summed E-state index contributed by atoms with van der Waals surface area (Å²) >= 11 is 1.38. The number of fused-ring (bicyclic) bond motifs is 2. The summed E-state index contributed by atoms with van der Waals surface area (Å²) in [5.74, 6) is 0.140. The Hall–Kier alpha value is -2.52. The maximum absolute atomic E-state index is 15.1. The van der Waals surface area contributed by atoms with Crippen LogP contribution in [0, 0.1) is 0 Å². The molecule has 158 valence electrons. The van der Waals surface area contributed by atoms with Crippen molar-refractivity contribution in [2.75, 3.05) is 11.9 Å². The van der Waals surface area contributed by atoms with Gasteiger partial charge in [-0.2, -0.15) is 5.10 Å². The average molecular weight is 429 g/mol. The summed E-state index contributed by atoms with van der Waals surface area (Å²) < 4.78 is 16.8. The molecule has 0 radical (unpaired) electrons. The topological polar surface area (TPSA) is 79.1 Å². The molecule has 4 atom stereocenters. The summed E-state index contributed by atoms with van der Waals surface area (Å²) in [6.07, 6.45) is 6.59. The smallest absolute Gasteiger partial charge is 0.208 e. The van der Waals surface area contributed by atoms with E-state index >= 15 is 4.39 Å². The molecule has 2 aliphatic rings. The first kappa shape index (κ1) is 19.4. The molecule has 2 N–H and O–H groups in total. The van der Waals surface area contributed by atoms with Crippen LogP contribution in [0.5, 0.6) is 5.75 Å². The van der Waals surface area contributed by atoms with Crippen LogP contribution in [0.15, 0.2) is 30.6 Å². The van der Waals surface area contributed by atoms with E-state index in [9.17, 15) is 5.11 Å². The van der Waals surface area contributed by atoms with Crippen molar-refractivity contribution in [2.24, 2.45) is 7.05 Å². The Morgan fingerprint density at radius 3 is 2.90 bits per heavy atom. The molecule has 0 amide bonds. The van der Waals surface area contributed by atoms with Crippen LogP contribution < -0.4 is 10.2 Å². The zero-order valence-corrected chi connectivity index (χ0v) is 17.8. The van der Waals surface area contributed by atoms with E-state index in [1.54, 1.807) is 16.9 Å². The highest BCUT2D eigenvalue weighted by atomic mass is 32.1. The maximum Gasteiger partial charge on any atom is 0.208 e. The van der Waals surface area contributed by atoms with Crippen molar-refractivity contribution in [3.63, 3.8) is 0 Å². The average Bonchev–Trinajstić information content (AvgIpc) is 3.40. The Balaban J connectivity index is 1.37. The molecule has 7 nitrogen and oxygen atoms in total. The van der Waals surface area contributed by atoms with E-state index < -0.39 is 6.17 Å². The number of aromatic nitrogens is 4. The van der Waals surface area contributed by atoms with Gasteiger partial charge < -0.3 is 15.3 Å². The summed E-state index contributed by atoms with van der Waals surface area (Å²) in [6.45, 7) is 0. The monoisotopic (exact) mass is 428 g/mol. The molecule has 2 aliphatic heterocycles. The lowest BCUT2D eigenvalue weighted by Crippen LogP contribution is -2.61. The first-order valence-corrected chi connectivity index (χ1v) is 11.1. The molecule has 4 heterocycles. The lowest BCUT2D eigenvalue weighted by Gasteiger charge is -2.45. The first-order valence-electron chi connectivity index (χ1n) is 10.3. The Morgan fingerprint density at radius 2 is 2.13 bits per heavy atom. The number of rotatable bonds is 4. The third kappa shape index (κ3) is 3.45. The minimum Gasteiger partial charge on any atom is -0.507 e. The van der Waals surface area contributed by atoms with Crippen LogP contribution in [0.25, 0.3) is 21.7 Å². The van der Waals surface area contributed by atoms with Gasteiger partial charge in [-0.3, -0.25) is 4.68 Å². The van der Waals surface area contributed by atoms with Gasteiger partial charge in [0.15, 0.2) is 5.01 Å². The summed E-state index contributed by atoms with van der Waals surface area (Å²) in [5, 5.41) is 28.1. The van der Waals surface area contributed by atoms with E-state index in [1.807, 2.05) is 37.3 Å². The summed E-state index contributed by atoms with van der Waals surface area (Å²) in [6, 6.07) is 5.59. The van der Waals surface area contributed by atoms with Crippen LogP contribution in [0.4, 0.5) is 9.52 Å². The number of hydrogen-bond donors (Lipinski definition) is 2. The SMILES string of the molecule is CN(c1nnc(-c2ccc(-c3cnn(C)c3)cc2O)s1)[C@H]1C[C@@H]2CCC[C@@H](N2)[C@H]1F. The molecule has 5 rings (SSSR count). The lowest BCUT2D eigenvalue weighted by atomic mass is 9.82. The van der Waals surface area contributed by atoms with Gasteiger partial charge in [0.05, 0.1) is 17.8 Å². The molecular formula is C21H25FN6OS. The van der Waals surface area contributed by atoms with E-state index in [0.717, 1.165) is 36.8 Å². The molecule has 1 aromatic carbocycles. The number of benzene rings is 1. The van der Waals surface area contributed by atoms with E-state index in [2.05, 4.69) is 20.6 Å². The number of anilines is 1. The van der Waals surface area contributed by atoms with Gasteiger partial charge in [0.2, 0.25) is 5.13 Å². The van der Waals surface area contributed by atoms with Crippen LogP contribution in [0.3, 0.4) is 0 Å². The third-order valence-corrected chi connectivity index (χ3v) is 7.32. The zero-order valence-electron chi connectivity index (χ0n) is 17.0. The highest BCUT2D eigenvalue weighted by molar-refractivity contribution is 7.18. The number of alkyl halides is 1. The molecule has 0 spiro atoms. The molecule has 2 aromatic heterocycles. The Kier molecular flexibility index (Phi) is 4.94. The number of halogens is 1. The second-order valence-corrected chi connectivity index (χ2v) is 9.24. The van der Waals surface area contributed by atoms with Gasteiger partial charge in [-0.25, -0.2) is 4.39 Å². The van der Waals surface area contributed by atoms with Crippen LogP contribution in [-0.4, -0.2) is 56.4 Å². The first-order chi connectivity index (χ1) is 14.5. The minimum absolute atomic E-state index is 0.0681. The molecule has 30 heavy (non-hydrogen) atoms. The van der Waals surface area contributed by atoms with Crippen LogP contribution in [-0.2, 0) is 7.05 Å². The lowest BCUT2D eigenvalue weighted by molar-refractivity contribution is 0.107. The highest BCUT2D eigenvalue weighted by Crippen LogP contribution is 2.38. The van der Waals surface area contributed by atoms with Gasteiger partial charge in [0.25, 0.3) is 0 Å². The second-order valence-electron chi connectivity index (χ2n) is 8.28. The van der Waals surface area contributed by atoms with Gasteiger partial charge in [0, 0.05) is 37.9 Å². The number of piperidine rings is 2. The maximum atomic E-state index is 15.1. The van der Waals surface area contributed by atoms with Crippen molar-refractivity contribution >= 4 is 16.5 Å². The predicted molar refractivity (Wildman–Crippen MR) is 115 cm³/mol. The molecule has 2 saturated heterocycles. The summed E-state index contributed by atoms with van der Waals surface area (Å²) in [7, 11) is 3.75. The summed E-state index contributed by atoms with van der Waals surface area (Å²) in [5.41, 5.74) is 2.44. The number of aryl methyl sites for hydroxylation is 1. The van der Waals surface area contributed by atoms with Gasteiger partial charge in [-0.1, -0.05) is 23.8 Å². The van der Waals surface area contributed by atoms with Crippen molar-refractivity contribution in [3.8, 4) is 27.4 Å². The standard InChI is InChI=1S/C21H25FN6OS/c1-27-11-13(10-23-27)12-6-7-15(18(29)8-12)20-25-26-21(30-20)28(2)17-9-14-4-3-5-16(24-14)19(17)22/h6-8,10-11,14,16-17,19,24,29H,3-5,9H2,1-2H3/t14-,16+,17-,19+/m0/s1. The van der Waals surface area contributed by atoms with Gasteiger partial charge in [0.1, 0.15) is 11.9 Å². The molecule has 3 aromatic rings. The van der Waals surface area contributed by atoms with Crippen LogP contribution in [0.1, 0.15) is 25.7 Å². The second kappa shape index (κ2) is 7.63. The number of phenols is 1. The van der Waals surface area contributed by atoms with Gasteiger partial charge >= 0.3 is 0 Å². The highest BCUT2D eigenvalue weighted by Gasteiger charge is 2.42. The van der Waals surface area contributed by atoms with Crippen molar-refractivity contribution in [1.29, 1.82) is 0 Å². The fraction of sp³-hybridized carbons (Fsp3) is 0.476. The quantitative estimate of drug-likeness (QED) is 0.663. The van der Waals surface area contributed by atoms with Gasteiger partial charge in [-0.05, 0) is 37.0 Å². The Morgan fingerprint density at radius 1 is 1.27 bits per heavy atom. The van der Waals surface area contributed by atoms with E-state index in [0.29, 0.717) is 21.7 Å². The van der Waals surface area contributed by atoms with Crippen molar-refractivity contribution in [1.82, 2.24) is 25.3 Å². The molecule has 0 saturated carbocycles. The fourth-order valence-corrected chi connectivity index (χ4v) is 5.52. The van der Waals surface area contributed by atoms with Crippen LogP contribution in [0.2, 0.25) is 0 Å². The van der Waals surface area contributed by atoms with Crippen molar-refractivity contribution in [3.05, 3.63) is 30.6 Å². The van der Waals surface area contributed by atoms with E-state index in [1.165, 1.54) is 11.3 Å². The molecule has 9 heteroatoms. The van der Waals surface area contributed by atoms with E-state index in [-0.39, 0.29) is 17.8 Å². The Labute approximate surface area is 178 Å². The third-order valence-electron chi connectivity index (χ3n) is 6.28. The summed E-state index contributed by atoms with van der Waals surface area (Å²) in [4.78, 5) is 1.93. The molecule has 0 aliphatic carbocycles. The number of phenolic OH excluding ortho intramolecular Hbond substituents is 1. The number of hydrogen-bond acceptors (Lipinski definition) is 7. The molecule has 0 unspecified atom stereocenters. The number of nitrogens with zero attached hydrogens (tertiary/aromatic N) is 5. The number of nitrogens with one attached hydrogen (secondary N) is 1. The predicted octanol–water partition coefficient (Wildman–Crippen LogP) is 3.37. The van der Waals surface area contributed by atoms with Crippen molar-refractivity contribution < 1.29 is 9.50 Å². The molecule has 2 bridgehead atoms. The van der Waals surface area contributed by atoms with E-state index in [4.69, 9.17) is 0 Å². The number of aromatic hydroxyl groups is 1. The largest absolute Gasteiger partial charge is 0.507 e. The van der Waals surface area contributed by atoms with Crippen molar-refractivity contribution in [2.45, 2.75) is 50.0 Å². The molecular weight excluding hydrogens is 403 g/mol. The normalized spacial score (nSPS) is 26.0. The minimum atomic E-state index is -0.925. The Bertz CT molecular complexity index is 1050. The molecule has 2 fully saturated rings. The fourth-order valence-electron chi connectivity index (χ4n) is 4.62. The zero-order chi connectivity index (χ0) is 20.8.